The van der Waals surface area contributed by atoms with Crippen LogP contribution in [0.2, 0.25) is 0 Å². The van der Waals surface area contributed by atoms with Gasteiger partial charge in [-0.1, -0.05) is 43.3 Å². The topological polar surface area (TPSA) is 0 Å². The zero-order valence-corrected chi connectivity index (χ0v) is 11.3. The van der Waals surface area contributed by atoms with E-state index in [0.717, 1.165) is 5.92 Å². The largest absolute Gasteiger partial charge is 0.0622 e. The molecule has 0 radical (unpaired) electrons. The van der Waals surface area contributed by atoms with Gasteiger partial charge in [-0.05, 0) is 70.0 Å². The Morgan fingerprint density at radius 2 is 1.42 bits per heavy atom. The second kappa shape index (κ2) is 4.09. The second-order valence-electron chi connectivity index (χ2n) is 6.02. The van der Waals surface area contributed by atoms with Crippen LogP contribution in [0.1, 0.15) is 24.5 Å². The molecule has 0 saturated heterocycles. The van der Waals surface area contributed by atoms with Gasteiger partial charge in [0, 0.05) is 0 Å². The molecule has 0 aromatic heterocycles. The summed E-state index contributed by atoms with van der Waals surface area (Å²) in [5, 5.41) is 5.48. The van der Waals surface area contributed by atoms with Crippen molar-refractivity contribution >= 4 is 21.5 Å². The van der Waals surface area contributed by atoms with Crippen LogP contribution in [0.5, 0.6) is 0 Å². The van der Waals surface area contributed by atoms with Gasteiger partial charge >= 0.3 is 0 Å². The molecule has 0 nitrogen and oxygen atoms in total. The molecule has 0 N–H and O–H groups in total. The average molecular weight is 246 g/mol. The number of fused-ring (bicyclic) bond motifs is 3. The fourth-order valence-electron chi connectivity index (χ4n) is 3.39. The molecular formula is C19H18. The van der Waals surface area contributed by atoms with E-state index < -0.39 is 0 Å². The summed E-state index contributed by atoms with van der Waals surface area (Å²) in [4.78, 5) is 0. The van der Waals surface area contributed by atoms with E-state index in [0.29, 0.717) is 0 Å². The summed E-state index contributed by atoms with van der Waals surface area (Å²) < 4.78 is 0. The molecule has 0 bridgehead atoms. The number of rotatable bonds is 0. The highest BCUT2D eigenvalue weighted by Crippen LogP contribution is 2.31. The van der Waals surface area contributed by atoms with E-state index in [-0.39, 0.29) is 0 Å². The van der Waals surface area contributed by atoms with Gasteiger partial charge in [-0.25, -0.2) is 0 Å². The Labute approximate surface area is 114 Å². The van der Waals surface area contributed by atoms with Gasteiger partial charge in [0.25, 0.3) is 0 Å². The van der Waals surface area contributed by atoms with E-state index in [1.165, 1.54) is 40.8 Å². The molecule has 0 heteroatoms. The molecule has 0 heterocycles. The first kappa shape index (κ1) is 11.0. The summed E-state index contributed by atoms with van der Waals surface area (Å²) >= 11 is 0. The Morgan fingerprint density at radius 3 is 2.11 bits per heavy atom. The molecule has 4 rings (SSSR count). The van der Waals surface area contributed by atoms with Crippen molar-refractivity contribution in [2.45, 2.75) is 26.2 Å². The molecule has 3 aromatic rings. The van der Waals surface area contributed by atoms with Crippen LogP contribution in [0.4, 0.5) is 0 Å². The van der Waals surface area contributed by atoms with E-state index in [1.54, 1.807) is 11.1 Å². The minimum atomic E-state index is 0.838. The van der Waals surface area contributed by atoms with Crippen LogP contribution in [-0.4, -0.2) is 0 Å². The van der Waals surface area contributed by atoms with Crippen molar-refractivity contribution in [1.29, 1.82) is 0 Å². The molecule has 3 aromatic carbocycles. The fourth-order valence-corrected chi connectivity index (χ4v) is 3.39. The Hall–Kier alpha value is -1.82. The smallest absolute Gasteiger partial charge is 0.0175 e. The molecule has 1 unspecified atom stereocenters. The molecule has 94 valence electrons. The second-order valence-corrected chi connectivity index (χ2v) is 6.02. The first-order chi connectivity index (χ1) is 9.29. The van der Waals surface area contributed by atoms with Crippen LogP contribution in [-0.2, 0) is 12.8 Å². The van der Waals surface area contributed by atoms with Gasteiger partial charge in [-0.15, -0.1) is 0 Å². The van der Waals surface area contributed by atoms with E-state index in [4.69, 9.17) is 0 Å². The van der Waals surface area contributed by atoms with Crippen molar-refractivity contribution in [2.24, 2.45) is 5.92 Å². The standard InChI is InChI=1S/C19H18/c1-13-6-7-16-11-18-9-14-4-2-3-5-15(14)10-19(18)12-17(16)8-13/h2-5,9-13H,6-8H2,1H3. The Kier molecular flexibility index (Phi) is 2.38. The lowest BCUT2D eigenvalue weighted by Gasteiger charge is -2.22. The summed E-state index contributed by atoms with van der Waals surface area (Å²) in [6.45, 7) is 2.37. The van der Waals surface area contributed by atoms with Crippen LogP contribution in [0.3, 0.4) is 0 Å². The van der Waals surface area contributed by atoms with Crippen LogP contribution in [0, 0.1) is 5.92 Å². The van der Waals surface area contributed by atoms with E-state index in [2.05, 4.69) is 55.5 Å². The molecule has 1 atom stereocenters. The summed E-state index contributed by atoms with van der Waals surface area (Å²) in [7, 11) is 0. The highest BCUT2D eigenvalue weighted by Gasteiger charge is 2.15. The van der Waals surface area contributed by atoms with Crippen LogP contribution >= 0.6 is 0 Å². The normalized spacial score (nSPS) is 18.7. The minimum Gasteiger partial charge on any atom is -0.0622 e. The molecule has 0 aliphatic heterocycles. The van der Waals surface area contributed by atoms with Gasteiger partial charge in [0.2, 0.25) is 0 Å². The van der Waals surface area contributed by atoms with E-state index >= 15 is 0 Å². The van der Waals surface area contributed by atoms with Crippen molar-refractivity contribution in [3.05, 3.63) is 59.7 Å². The molecule has 1 aliphatic rings. The SMILES string of the molecule is CC1CCc2cc3cc4ccccc4cc3cc2C1. The molecule has 0 fully saturated rings. The van der Waals surface area contributed by atoms with Crippen LogP contribution in [0.15, 0.2) is 48.5 Å². The van der Waals surface area contributed by atoms with Crippen LogP contribution in [0.25, 0.3) is 21.5 Å². The quantitative estimate of drug-likeness (QED) is 0.483. The lowest BCUT2D eigenvalue weighted by Crippen LogP contribution is -2.10. The van der Waals surface area contributed by atoms with E-state index in [9.17, 15) is 0 Å². The zero-order chi connectivity index (χ0) is 12.8. The van der Waals surface area contributed by atoms with Crippen LogP contribution < -0.4 is 0 Å². The molecule has 1 aliphatic carbocycles. The zero-order valence-electron chi connectivity index (χ0n) is 11.3. The summed E-state index contributed by atoms with van der Waals surface area (Å²) in [5.41, 5.74) is 3.14. The number of benzene rings is 3. The maximum Gasteiger partial charge on any atom is -0.0175 e. The third-order valence-corrected chi connectivity index (χ3v) is 4.50. The minimum absolute atomic E-state index is 0.838. The first-order valence-corrected chi connectivity index (χ1v) is 7.24. The molecule has 0 amide bonds. The Balaban J connectivity index is 2.00. The van der Waals surface area contributed by atoms with Crippen molar-refractivity contribution in [2.75, 3.05) is 0 Å². The third-order valence-electron chi connectivity index (χ3n) is 4.50. The predicted molar refractivity (Wildman–Crippen MR) is 82.6 cm³/mol. The Morgan fingerprint density at radius 1 is 0.789 bits per heavy atom. The maximum absolute atomic E-state index is 2.42. The fraction of sp³-hybridized carbons (Fsp3) is 0.263. The molecular weight excluding hydrogens is 228 g/mol. The molecule has 0 saturated carbocycles. The molecule has 19 heavy (non-hydrogen) atoms. The summed E-state index contributed by atoms with van der Waals surface area (Å²) in [6, 6.07) is 18.2. The average Bonchev–Trinajstić information content (AvgIpc) is 2.43. The van der Waals surface area contributed by atoms with Crippen molar-refractivity contribution in [3.8, 4) is 0 Å². The Bertz CT molecular complexity index is 767. The van der Waals surface area contributed by atoms with Gasteiger partial charge in [0.05, 0.1) is 0 Å². The monoisotopic (exact) mass is 246 g/mol. The van der Waals surface area contributed by atoms with Crippen molar-refractivity contribution in [3.63, 3.8) is 0 Å². The van der Waals surface area contributed by atoms with Gasteiger partial charge in [-0.2, -0.15) is 0 Å². The first-order valence-electron chi connectivity index (χ1n) is 7.24. The molecule has 0 spiro atoms. The highest BCUT2D eigenvalue weighted by atomic mass is 14.2. The van der Waals surface area contributed by atoms with Gasteiger partial charge in [0.15, 0.2) is 0 Å². The predicted octanol–water partition coefficient (Wildman–Crippen LogP) is 5.12. The number of hydrogen-bond acceptors (Lipinski definition) is 0. The van der Waals surface area contributed by atoms with E-state index in [1.807, 2.05) is 0 Å². The summed E-state index contributed by atoms with van der Waals surface area (Å²) in [6.07, 6.45) is 3.84. The van der Waals surface area contributed by atoms with Crippen molar-refractivity contribution < 1.29 is 0 Å². The lowest BCUT2D eigenvalue weighted by atomic mass is 9.83. The third kappa shape index (κ3) is 1.83. The number of aryl methyl sites for hydroxylation is 1. The van der Waals surface area contributed by atoms with Crippen molar-refractivity contribution in [1.82, 2.24) is 0 Å². The summed E-state index contributed by atoms with van der Waals surface area (Å²) in [5.74, 6) is 0.838. The maximum atomic E-state index is 2.42. The van der Waals surface area contributed by atoms with Gasteiger partial charge in [-0.3, -0.25) is 0 Å². The highest BCUT2D eigenvalue weighted by molar-refractivity contribution is 5.98. The number of hydrogen-bond donors (Lipinski definition) is 0. The van der Waals surface area contributed by atoms with Gasteiger partial charge < -0.3 is 0 Å². The lowest BCUT2D eigenvalue weighted by molar-refractivity contribution is 0.502. The van der Waals surface area contributed by atoms with Gasteiger partial charge in [0.1, 0.15) is 0 Å².